The molecule has 1 heterocycles. The highest BCUT2D eigenvalue weighted by atomic mass is 35.5. The lowest BCUT2D eigenvalue weighted by Crippen LogP contribution is -1.98. The Hall–Kier alpha value is -1.81. The van der Waals surface area contributed by atoms with Crippen LogP contribution < -0.4 is 0 Å². The fourth-order valence-electron chi connectivity index (χ4n) is 1.72. The molecule has 0 saturated carbocycles. The van der Waals surface area contributed by atoms with E-state index in [1.807, 2.05) is 19.3 Å². The SMILES string of the molecule is CCOC(=O)C=Cc1c(Cl)ccc2nn(C)cc12. The van der Waals surface area contributed by atoms with Crippen LogP contribution >= 0.6 is 11.6 Å². The predicted octanol–water partition coefficient (Wildman–Crippen LogP) is 2.80. The van der Waals surface area contributed by atoms with Crippen LogP contribution in [-0.2, 0) is 16.6 Å². The number of hydrogen-bond donors (Lipinski definition) is 0. The zero-order valence-corrected chi connectivity index (χ0v) is 10.9. The Morgan fingerprint density at radius 3 is 3.06 bits per heavy atom. The Balaban J connectivity index is 2.43. The van der Waals surface area contributed by atoms with Gasteiger partial charge in [-0.2, -0.15) is 5.10 Å². The standard InChI is InChI=1S/C13H13ClN2O2/c1-3-18-13(17)7-4-9-10-8-16(2)15-12(10)6-5-11(9)14/h4-8H,3H2,1-2H3. The van der Waals surface area contributed by atoms with E-state index in [1.165, 1.54) is 6.08 Å². The minimum absolute atomic E-state index is 0.355. The van der Waals surface area contributed by atoms with Crippen LogP contribution in [0, 0.1) is 0 Å². The number of nitrogens with zero attached hydrogens (tertiary/aromatic N) is 2. The Kier molecular flexibility index (Phi) is 3.67. The molecule has 1 aromatic heterocycles. The molecule has 0 bridgehead atoms. The molecule has 2 rings (SSSR count). The van der Waals surface area contributed by atoms with Gasteiger partial charge in [-0.3, -0.25) is 4.68 Å². The topological polar surface area (TPSA) is 44.1 Å². The van der Waals surface area contributed by atoms with Gasteiger partial charge in [0.2, 0.25) is 0 Å². The van der Waals surface area contributed by atoms with Crippen molar-refractivity contribution in [2.45, 2.75) is 6.92 Å². The number of aromatic nitrogens is 2. The van der Waals surface area contributed by atoms with Gasteiger partial charge in [0.25, 0.3) is 0 Å². The van der Waals surface area contributed by atoms with E-state index in [-0.39, 0.29) is 5.97 Å². The summed E-state index contributed by atoms with van der Waals surface area (Å²) in [7, 11) is 1.84. The van der Waals surface area contributed by atoms with Gasteiger partial charge in [-0.25, -0.2) is 4.79 Å². The molecule has 0 atom stereocenters. The summed E-state index contributed by atoms with van der Waals surface area (Å²) in [4.78, 5) is 11.3. The fourth-order valence-corrected chi connectivity index (χ4v) is 1.95. The summed E-state index contributed by atoms with van der Waals surface area (Å²) in [6, 6.07) is 3.61. The fraction of sp³-hybridized carbons (Fsp3) is 0.231. The summed E-state index contributed by atoms with van der Waals surface area (Å²) in [6.45, 7) is 2.12. The molecule has 4 nitrogen and oxygen atoms in total. The van der Waals surface area contributed by atoms with Gasteiger partial charge in [-0.05, 0) is 25.1 Å². The van der Waals surface area contributed by atoms with E-state index in [0.29, 0.717) is 11.6 Å². The number of fused-ring (bicyclic) bond motifs is 1. The summed E-state index contributed by atoms with van der Waals surface area (Å²) >= 11 is 6.13. The van der Waals surface area contributed by atoms with Gasteiger partial charge < -0.3 is 4.74 Å². The predicted molar refractivity (Wildman–Crippen MR) is 71.4 cm³/mol. The molecular weight excluding hydrogens is 252 g/mol. The van der Waals surface area contributed by atoms with Crippen molar-refractivity contribution in [1.82, 2.24) is 9.78 Å². The van der Waals surface area contributed by atoms with E-state index in [1.54, 1.807) is 23.7 Å². The lowest BCUT2D eigenvalue weighted by Gasteiger charge is -2.00. The van der Waals surface area contributed by atoms with Crippen molar-refractivity contribution in [3.63, 3.8) is 0 Å². The second-order valence-corrected chi connectivity index (χ2v) is 4.19. The highest BCUT2D eigenvalue weighted by Crippen LogP contribution is 2.26. The number of esters is 1. The van der Waals surface area contributed by atoms with Crippen molar-refractivity contribution in [2.24, 2.45) is 7.05 Å². The first-order valence-corrected chi connectivity index (χ1v) is 5.96. The molecule has 0 aliphatic carbocycles. The molecule has 1 aromatic carbocycles. The van der Waals surface area contributed by atoms with Crippen molar-refractivity contribution >= 4 is 34.5 Å². The highest BCUT2D eigenvalue weighted by Gasteiger charge is 2.07. The Morgan fingerprint density at radius 1 is 1.56 bits per heavy atom. The first kappa shape index (κ1) is 12.6. The minimum atomic E-state index is -0.380. The van der Waals surface area contributed by atoms with Gasteiger partial charge in [0.1, 0.15) is 0 Å². The van der Waals surface area contributed by atoms with E-state index in [4.69, 9.17) is 16.3 Å². The number of carbonyl (C=O) groups is 1. The van der Waals surface area contributed by atoms with Crippen LogP contribution in [0.3, 0.4) is 0 Å². The van der Waals surface area contributed by atoms with Gasteiger partial charge in [0, 0.05) is 35.3 Å². The normalized spacial score (nSPS) is 11.3. The van der Waals surface area contributed by atoms with Crippen molar-refractivity contribution in [2.75, 3.05) is 6.61 Å². The van der Waals surface area contributed by atoms with Crippen LogP contribution in [0.15, 0.2) is 24.4 Å². The zero-order valence-electron chi connectivity index (χ0n) is 10.2. The van der Waals surface area contributed by atoms with Gasteiger partial charge >= 0.3 is 5.97 Å². The summed E-state index contributed by atoms with van der Waals surface area (Å²) in [5.74, 6) is -0.380. The smallest absolute Gasteiger partial charge is 0.330 e. The molecule has 2 aromatic rings. The number of carbonyl (C=O) groups excluding carboxylic acids is 1. The number of hydrogen-bond acceptors (Lipinski definition) is 3. The number of aryl methyl sites for hydroxylation is 1. The molecule has 0 spiro atoms. The third kappa shape index (κ3) is 2.54. The van der Waals surface area contributed by atoms with Crippen molar-refractivity contribution < 1.29 is 9.53 Å². The molecule has 0 radical (unpaired) electrons. The Labute approximate surface area is 110 Å². The van der Waals surface area contributed by atoms with E-state index in [0.717, 1.165) is 16.5 Å². The van der Waals surface area contributed by atoms with Crippen molar-refractivity contribution in [3.8, 4) is 0 Å². The van der Waals surface area contributed by atoms with Gasteiger partial charge in [-0.15, -0.1) is 0 Å². The molecule has 0 fully saturated rings. The second kappa shape index (κ2) is 5.23. The lowest BCUT2D eigenvalue weighted by atomic mass is 10.1. The maximum atomic E-state index is 11.3. The van der Waals surface area contributed by atoms with Gasteiger partial charge in [-0.1, -0.05) is 11.6 Å². The Morgan fingerprint density at radius 2 is 2.33 bits per heavy atom. The van der Waals surface area contributed by atoms with E-state index in [9.17, 15) is 4.79 Å². The monoisotopic (exact) mass is 264 g/mol. The highest BCUT2D eigenvalue weighted by molar-refractivity contribution is 6.33. The molecule has 0 amide bonds. The molecule has 0 saturated heterocycles. The van der Waals surface area contributed by atoms with E-state index < -0.39 is 0 Å². The number of halogens is 1. The summed E-state index contributed by atoms with van der Waals surface area (Å²) in [5, 5.41) is 5.77. The molecule has 18 heavy (non-hydrogen) atoms. The third-order valence-corrected chi connectivity index (χ3v) is 2.79. The summed E-state index contributed by atoms with van der Waals surface area (Å²) in [5.41, 5.74) is 1.61. The van der Waals surface area contributed by atoms with Crippen LogP contribution in [-0.4, -0.2) is 22.4 Å². The Bertz CT molecular complexity index is 617. The summed E-state index contributed by atoms with van der Waals surface area (Å²) in [6.07, 6.45) is 4.90. The molecule has 0 aliphatic heterocycles. The van der Waals surface area contributed by atoms with Gasteiger partial charge in [0.15, 0.2) is 0 Å². The maximum Gasteiger partial charge on any atom is 0.330 e. The van der Waals surface area contributed by atoms with Crippen LogP contribution in [0.5, 0.6) is 0 Å². The number of benzene rings is 1. The average Bonchev–Trinajstić information content (AvgIpc) is 2.69. The third-order valence-electron chi connectivity index (χ3n) is 2.47. The van der Waals surface area contributed by atoms with Crippen LogP contribution in [0.2, 0.25) is 5.02 Å². The van der Waals surface area contributed by atoms with Crippen LogP contribution in [0.25, 0.3) is 17.0 Å². The first-order valence-electron chi connectivity index (χ1n) is 5.58. The molecular formula is C13H13ClN2O2. The van der Waals surface area contributed by atoms with Crippen molar-refractivity contribution in [3.05, 3.63) is 35.0 Å². The molecule has 5 heteroatoms. The van der Waals surface area contributed by atoms with Gasteiger partial charge in [0.05, 0.1) is 12.1 Å². The first-order chi connectivity index (χ1) is 8.61. The van der Waals surface area contributed by atoms with Crippen LogP contribution in [0.1, 0.15) is 12.5 Å². The largest absolute Gasteiger partial charge is 0.463 e. The quantitative estimate of drug-likeness (QED) is 0.632. The summed E-state index contributed by atoms with van der Waals surface area (Å²) < 4.78 is 6.54. The average molecular weight is 265 g/mol. The van der Waals surface area contributed by atoms with E-state index in [2.05, 4.69) is 5.10 Å². The van der Waals surface area contributed by atoms with E-state index >= 15 is 0 Å². The number of rotatable bonds is 3. The second-order valence-electron chi connectivity index (χ2n) is 3.78. The molecule has 0 aliphatic rings. The molecule has 0 N–H and O–H groups in total. The maximum absolute atomic E-state index is 11.3. The lowest BCUT2D eigenvalue weighted by molar-refractivity contribution is -0.137. The minimum Gasteiger partial charge on any atom is -0.463 e. The molecule has 0 unspecified atom stereocenters. The van der Waals surface area contributed by atoms with Crippen molar-refractivity contribution in [1.29, 1.82) is 0 Å². The molecule has 94 valence electrons. The van der Waals surface area contributed by atoms with Crippen LogP contribution in [0.4, 0.5) is 0 Å². The number of ether oxygens (including phenoxy) is 1. The zero-order chi connectivity index (χ0) is 13.1.